The standard InChI is InChI=1S/C11H15N3O2/c1-7-5-8(2)13-6-14(3,4)12-10(13)9(7)11(15)16/h5H,6H2,1-4H3. The van der Waals surface area contributed by atoms with Crippen LogP contribution in [0.25, 0.3) is 0 Å². The van der Waals surface area contributed by atoms with Crippen LogP contribution in [0.4, 0.5) is 0 Å². The highest BCUT2D eigenvalue weighted by Gasteiger charge is 2.37. The van der Waals surface area contributed by atoms with E-state index in [0.29, 0.717) is 22.7 Å². The molecule has 86 valence electrons. The highest BCUT2D eigenvalue weighted by atomic mass is 16.4. The Hall–Kier alpha value is -1.62. The van der Waals surface area contributed by atoms with Gasteiger partial charge in [0, 0.05) is 11.3 Å². The second-order valence-corrected chi connectivity index (χ2v) is 4.75. The summed E-state index contributed by atoms with van der Waals surface area (Å²) in [5.41, 5.74) is 1.92. The van der Waals surface area contributed by atoms with Crippen molar-refractivity contribution in [2.45, 2.75) is 13.8 Å². The van der Waals surface area contributed by atoms with Crippen LogP contribution in [0.3, 0.4) is 0 Å². The number of hydrogen-bond donors (Lipinski definition) is 0. The molecule has 16 heavy (non-hydrogen) atoms. The fourth-order valence-corrected chi connectivity index (χ4v) is 2.11. The highest BCUT2D eigenvalue weighted by Crippen LogP contribution is 2.28. The van der Waals surface area contributed by atoms with E-state index in [-0.39, 0.29) is 5.57 Å². The molecule has 2 aliphatic heterocycles. The number of aliphatic carboxylic acids is 1. The van der Waals surface area contributed by atoms with E-state index in [1.54, 1.807) is 6.92 Å². The molecule has 0 amide bonds. The number of hydrogen-bond acceptors (Lipinski definition) is 4. The Balaban J connectivity index is 2.58. The van der Waals surface area contributed by atoms with Crippen LogP contribution in [0.1, 0.15) is 13.8 Å². The lowest BCUT2D eigenvalue weighted by molar-refractivity contribution is -0.897. The first kappa shape index (κ1) is 10.9. The number of amidine groups is 1. The van der Waals surface area contributed by atoms with E-state index >= 15 is 0 Å². The SMILES string of the molecule is CC1=CC(C)=C(C(=O)[O-])C2=N[N+](C)(C)CN12. The molecule has 0 N–H and O–H groups in total. The Morgan fingerprint density at radius 1 is 1.50 bits per heavy atom. The highest BCUT2D eigenvalue weighted by molar-refractivity contribution is 6.19. The summed E-state index contributed by atoms with van der Waals surface area (Å²) in [6.07, 6.45) is 1.86. The maximum Gasteiger partial charge on any atom is 0.202 e. The molecule has 0 radical (unpaired) electrons. The number of quaternary nitrogens is 1. The van der Waals surface area contributed by atoms with Crippen LogP contribution in [0, 0.1) is 0 Å². The van der Waals surface area contributed by atoms with Crippen molar-refractivity contribution < 1.29 is 14.5 Å². The van der Waals surface area contributed by atoms with Gasteiger partial charge in [0.1, 0.15) is 0 Å². The third-order valence-electron chi connectivity index (χ3n) is 2.78. The van der Waals surface area contributed by atoms with Gasteiger partial charge in [-0.2, -0.15) is 4.59 Å². The predicted molar refractivity (Wildman–Crippen MR) is 57.7 cm³/mol. The van der Waals surface area contributed by atoms with Crippen LogP contribution in [-0.2, 0) is 4.79 Å². The van der Waals surface area contributed by atoms with E-state index in [9.17, 15) is 9.90 Å². The number of fused-ring (bicyclic) bond motifs is 1. The summed E-state index contributed by atoms with van der Waals surface area (Å²) in [6.45, 7) is 4.38. The molecule has 5 nitrogen and oxygen atoms in total. The molecule has 0 aromatic carbocycles. The second kappa shape index (κ2) is 3.18. The summed E-state index contributed by atoms with van der Waals surface area (Å²) in [6, 6.07) is 0. The average molecular weight is 221 g/mol. The molecule has 5 heteroatoms. The van der Waals surface area contributed by atoms with Crippen molar-refractivity contribution in [2.75, 3.05) is 20.8 Å². The molecule has 0 saturated carbocycles. The third kappa shape index (κ3) is 1.53. The molecule has 0 atom stereocenters. The summed E-state index contributed by atoms with van der Waals surface area (Å²) < 4.78 is 0.407. The summed E-state index contributed by atoms with van der Waals surface area (Å²) >= 11 is 0. The maximum absolute atomic E-state index is 11.1. The van der Waals surface area contributed by atoms with Crippen molar-refractivity contribution in [3.63, 3.8) is 0 Å². The summed E-state index contributed by atoms with van der Waals surface area (Å²) in [4.78, 5) is 13.0. The smallest absolute Gasteiger partial charge is 0.202 e. The van der Waals surface area contributed by atoms with E-state index < -0.39 is 5.97 Å². The number of allylic oxidation sites excluding steroid dienone is 3. The van der Waals surface area contributed by atoms with Crippen molar-refractivity contribution >= 4 is 11.8 Å². The first-order chi connectivity index (χ1) is 7.32. The van der Waals surface area contributed by atoms with Gasteiger partial charge in [-0.15, -0.1) is 0 Å². The maximum atomic E-state index is 11.1. The first-order valence-corrected chi connectivity index (χ1v) is 5.13. The Bertz CT molecular complexity index is 458. The van der Waals surface area contributed by atoms with Crippen LogP contribution < -0.4 is 5.11 Å². The third-order valence-corrected chi connectivity index (χ3v) is 2.78. The molecule has 0 aromatic rings. The molecule has 2 aliphatic rings. The van der Waals surface area contributed by atoms with E-state index in [0.717, 1.165) is 5.70 Å². The lowest BCUT2D eigenvalue weighted by Gasteiger charge is -2.26. The van der Waals surface area contributed by atoms with Crippen molar-refractivity contribution in [3.05, 3.63) is 22.9 Å². The molecule has 0 unspecified atom stereocenters. The van der Waals surface area contributed by atoms with Gasteiger partial charge in [0.05, 0.1) is 20.1 Å². The van der Waals surface area contributed by atoms with Crippen LogP contribution in [0.15, 0.2) is 28.0 Å². The monoisotopic (exact) mass is 221 g/mol. The number of carboxylic acids is 1. The Kier molecular flexibility index (Phi) is 2.17. The molecule has 0 fully saturated rings. The molecule has 0 spiro atoms. The van der Waals surface area contributed by atoms with Gasteiger partial charge in [0.2, 0.25) is 5.84 Å². The number of carbonyl (C=O) groups is 1. The topological polar surface area (TPSA) is 55.7 Å². The number of carboxylic acid groups (broad SMARTS) is 1. The second-order valence-electron chi connectivity index (χ2n) is 4.75. The molecule has 2 heterocycles. The zero-order valence-corrected chi connectivity index (χ0v) is 9.94. The van der Waals surface area contributed by atoms with Gasteiger partial charge in [0.25, 0.3) is 0 Å². The zero-order chi connectivity index (χ0) is 12.1. The molecule has 0 aliphatic carbocycles. The Morgan fingerprint density at radius 2 is 2.12 bits per heavy atom. The van der Waals surface area contributed by atoms with Crippen molar-refractivity contribution in [2.24, 2.45) is 5.10 Å². The normalized spacial score (nSPS) is 22.9. The first-order valence-electron chi connectivity index (χ1n) is 5.13. The molecular weight excluding hydrogens is 206 g/mol. The minimum absolute atomic E-state index is 0.203. The molecular formula is C11H15N3O2. The van der Waals surface area contributed by atoms with E-state index in [4.69, 9.17) is 0 Å². The van der Waals surface area contributed by atoms with Gasteiger partial charge in [-0.3, -0.25) is 4.90 Å². The van der Waals surface area contributed by atoms with E-state index in [1.165, 1.54) is 0 Å². The van der Waals surface area contributed by atoms with Gasteiger partial charge in [-0.05, 0) is 25.5 Å². The van der Waals surface area contributed by atoms with Crippen molar-refractivity contribution in [1.29, 1.82) is 0 Å². The van der Waals surface area contributed by atoms with Gasteiger partial charge in [0.15, 0.2) is 6.67 Å². The van der Waals surface area contributed by atoms with Crippen LogP contribution in [0.2, 0.25) is 0 Å². The van der Waals surface area contributed by atoms with E-state index in [2.05, 4.69) is 5.10 Å². The number of carbonyl (C=O) groups excluding carboxylic acids is 1. The Labute approximate surface area is 94.5 Å². The molecule has 0 saturated heterocycles. The fraction of sp³-hybridized carbons (Fsp3) is 0.455. The minimum Gasteiger partial charge on any atom is -0.545 e. The summed E-state index contributed by atoms with van der Waals surface area (Å²) in [5, 5.41) is 15.5. The van der Waals surface area contributed by atoms with Crippen molar-refractivity contribution in [1.82, 2.24) is 4.90 Å². The fourth-order valence-electron chi connectivity index (χ4n) is 2.11. The largest absolute Gasteiger partial charge is 0.545 e. The van der Waals surface area contributed by atoms with Crippen molar-refractivity contribution in [3.8, 4) is 0 Å². The van der Waals surface area contributed by atoms with Gasteiger partial charge >= 0.3 is 0 Å². The lowest BCUT2D eigenvalue weighted by atomic mass is 10.0. The molecule has 2 rings (SSSR count). The van der Waals surface area contributed by atoms with Gasteiger partial charge in [-0.25, -0.2) is 0 Å². The van der Waals surface area contributed by atoms with Gasteiger partial charge in [-0.1, -0.05) is 5.10 Å². The zero-order valence-electron chi connectivity index (χ0n) is 9.94. The Morgan fingerprint density at radius 3 is 2.69 bits per heavy atom. The van der Waals surface area contributed by atoms with Crippen LogP contribution in [0.5, 0.6) is 0 Å². The summed E-state index contributed by atoms with van der Waals surface area (Å²) in [7, 11) is 3.86. The van der Waals surface area contributed by atoms with Crippen LogP contribution in [-0.4, -0.2) is 42.1 Å². The minimum atomic E-state index is -1.16. The lowest BCUT2D eigenvalue weighted by Crippen LogP contribution is -2.41. The quantitative estimate of drug-likeness (QED) is 0.568. The molecule has 0 bridgehead atoms. The average Bonchev–Trinajstić information content (AvgIpc) is 2.40. The number of rotatable bonds is 1. The number of nitrogens with zero attached hydrogens (tertiary/aromatic N) is 3. The predicted octanol–water partition coefficient (Wildman–Crippen LogP) is -0.367. The molecule has 0 aromatic heterocycles. The van der Waals surface area contributed by atoms with Crippen LogP contribution >= 0.6 is 0 Å². The van der Waals surface area contributed by atoms with E-state index in [1.807, 2.05) is 32.0 Å². The van der Waals surface area contributed by atoms with Gasteiger partial charge < -0.3 is 9.90 Å². The summed E-state index contributed by atoms with van der Waals surface area (Å²) in [5.74, 6) is -0.644.